The molecule has 1 atom stereocenters. The summed E-state index contributed by atoms with van der Waals surface area (Å²) in [6, 6.07) is 6.96. The zero-order valence-corrected chi connectivity index (χ0v) is 12.0. The van der Waals surface area contributed by atoms with E-state index in [1.807, 2.05) is 12.4 Å². The molecule has 2 aromatic heterocycles. The quantitative estimate of drug-likeness (QED) is 0.849. The first kappa shape index (κ1) is 11.9. The summed E-state index contributed by atoms with van der Waals surface area (Å²) in [6.07, 6.45) is 5.95. The Balaban J connectivity index is 1.79. The normalized spacial score (nSPS) is 19.8. The minimum atomic E-state index is 0.465. The average molecular weight is 306 g/mol. The van der Waals surface area contributed by atoms with Crippen molar-refractivity contribution in [3.63, 3.8) is 0 Å². The van der Waals surface area contributed by atoms with E-state index >= 15 is 0 Å². The first-order chi connectivity index (χ1) is 8.74. The molecule has 0 bridgehead atoms. The lowest BCUT2D eigenvalue weighted by molar-refractivity contribution is 0.160. The van der Waals surface area contributed by atoms with Gasteiger partial charge in [0.15, 0.2) is 0 Å². The van der Waals surface area contributed by atoms with Crippen LogP contribution in [0.15, 0.2) is 41.3 Å². The Kier molecular flexibility index (Phi) is 3.22. The van der Waals surface area contributed by atoms with Gasteiger partial charge in [0.25, 0.3) is 0 Å². The Hall–Kier alpha value is -1.13. The van der Waals surface area contributed by atoms with Crippen LogP contribution in [0.25, 0.3) is 0 Å². The third kappa shape index (κ3) is 2.22. The molecular formula is C14H16BrN3. The van der Waals surface area contributed by atoms with Gasteiger partial charge in [-0.3, -0.25) is 9.88 Å². The standard InChI is InChI=1S/C14H16BrN3/c1-11-14-3-2-4-17(14)5-6-18(11)10-12-7-13(15)9-16-8-12/h2-4,7-9,11H,5-6,10H2,1H3/t11-/m1/s1. The Morgan fingerprint density at radius 2 is 2.28 bits per heavy atom. The van der Waals surface area contributed by atoms with Gasteiger partial charge in [0.05, 0.1) is 0 Å². The third-order valence-electron chi connectivity index (χ3n) is 3.62. The number of halogens is 1. The first-order valence-corrected chi connectivity index (χ1v) is 7.02. The highest BCUT2D eigenvalue weighted by molar-refractivity contribution is 9.10. The summed E-state index contributed by atoms with van der Waals surface area (Å²) in [7, 11) is 0. The van der Waals surface area contributed by atoms with E-state index in [2.05, 4.69) is 61.7 Å². The number of rotatable bonds is 2. The Labute approximate surface area is 116 Å². The van der Waals surface area contributed by atoms with Crippen molar-refractivity contribution in [2.75, 3.05) is 6.54 Å². The minimum Gasteiger partial charge on any atom is -0.349 e. The van der Waals surface area contributed by atoms with Gasteiger partial charge in [-0.1, -0.05) is 0 Å². The Morgan fingerprint density at radius 3 is 3.11 bits per heavy atom. The van der Waals surface area contributed by atoms with E-state index in [0.717, 1.165) is 24.1 Å². The maximum Gasteiger partial charge on any atom is 0.0476 e. The number of hydrogen-bond donors (Lipinski definition) is 0. The van der Waals surface area contributed by atoms with E-state index in [4.69, 9.17) is 0 Å². The molecule has 3 heterocycles. The summed E-state index contributed by atoms with van der Waals surface area (Å²) in [5.41, 5.74) is 2.67. The fourth-order valence-electron chi connectivity index (χ4n) is 2.62. The van der Waals surface area contributed by atoms with E-state index in [1.54, 1.807) is 0 Å². The molecule has 0 radical (unpaired) electrons. The molecule has 0 saturated heterocycles. The van der Waals surface area contributed by atoms with E-state index in [0.29, 0.717) is 6.04 Å². The summed E-state index contributed by atoms with van der Waals surface area (Å²) in [5, 5.41) is 0. The molecule has 18 heavy (non-hydrogen) atoms. The maximum absolute atomic E-state index is 4.23. The van der Waals surface area contributed by atoms with Crippen molar-refractivity contribution in [2.45, 2.75) is 26.1 Å². The molecule has 0 aromatic carbocycles. The molecule has 0 aliphatic carbocycles. The molecule has 0 saturated carbocycles. The predicted octanol–water partition coefficient (Wildman–Crippen LogP) is 3.22. The average Bonchev–Trinajstić information content (AvgIpc) is 2.82. The lowest BCUT2D eigenvalue weighted by Crippen LogP contribution is -2.35. The molecule has 3 nitrogen and oxygen atoms in total. The number of aromatic nitrogens is 2. The van der Waals surface area contributed by atoms with Crippen molar-refractivity contribution in [1.82, 2.24) is 14.5 Å². The summed E-state index contributed by atoms with van der Waals surface area (Å²) in [6.45, 7) is 5.40. The van der Waals surface area contributed by atoms with Gasteiger partial charge >= 0.3 is 0 Å². The molecule has 1 aliphatic heterocycles. The van der Waals surface area contributed by atoms with Gasteiger partial charge in [-0.25, -0.2) is 0 Å². The molecule has 0 fully saturated rings. The molecule has 1 aliphatic rings. The predicted molar refractivity (Wildman–Crippen MR) is 75.2 cm³/mol. The number of hydrogen-bond acceptors (Lipinski definition) is 2. The highest BCUT2D eigenvalue weighted by Crippen LogP contribution is 2.27. The molecule has 0 amide bonds. The summed E-state index contributed by atoms with van der Waals surface area (Å²) >= 11 is 3.48. The van der Waals surface area contributed by atoms with Crippen LogP contribution in [-0.4, -0.2) is 21.0 Å². The van der Waals surface area contributed by atoms with Crippen LogP contribution in [0.5, 0.6) is 0 Å². The van der Waals surface area contributed by atoms with Crippen molar-refractivity contribution >= 4 is 15.9 Å². The molecule has 2 aromatic rings. The van der Waals surface area contributed by atoms with Crippen LogP contribution < -0.4 is 0 Å². The van der Waals surface area contributed by atoms with Crippen LogP contribution >= 0.6 is 15.9 Å². The summed E-state index contributed by atoms with van der Waals surface area (Å²) in [4.78, 5) is 6.73. The molecule has 3 rings (SSSR count). The summed E-state index contributed by atoms with van der Waals surface area (Å²) < 4.78 is 3.40. The van der Waals surface area contributed by atoms with Gasteiger partial charge in [0.2, 0.25) is 0 Å². The fraction of sp³-hybridized carbons (Fsp3) is 0.357. The zero-order valence-electron chi connectivity index (χ0n) is 10.4. The van der Waals surface area contributed by atoms with Gasteiger partial charge in [-0.15, -0.1) is 0 Å². The van der Waals surface area contributed by atoms with Crippen molar-refractivity contribution in [3.8, 4) is 0 Å². The van der Waals surface area contributed by atoms with Crippen molar-refractivity contribution in [1.29, 1.82) is 0 Å². The van der Waals surface area contributed by atoms with Crippen LogP contribution in [0.3, 0.4) is 0 Å². The lowest BCUT2D eigenvalue weighted by Gasteiger charge is -2.34. The van der Waals surface area contributed by atoms with Crippen LogP contribution in [0.2, 0.25) is 0 Å². The van der Waals surface area contributed by atoms with E-state index in [-0.39, 0.29) is 0 Å². The van der Waals surface area contributed by atoms with Crippen molar-refractivity contribution < 1.29 is 0 Å². The van der Waals surface area contributed by atoms with Crippen LogP contribution in [0.4, 0.5) is 0 Å². The van der Waals surface area contributed by atoms with Crippen LogP contribution in [-0.2, 0) is 13.1 Å². The molecule has 0 spiro atoms. The smallest absolute Gasteiger partial charge is 0.0476 e. The fourth-order valence-corrected chi connectivity index (χ4v) is 3.03. The Bertz CT molecular complexity index is 549. The monoisotopic (exact) mass is 305 g/mol. The second kappa shape index (κ2) is 4.86. The second-order valence-corrected chi connectivity index (χ2v) is 5.70. The van der Waals surface area contributed by atoms with E-state index in [1.165, 1.54) is 11.3 Å². The minimum absolute atomic E-state index is 0.465. The zero-order chi connectivity index (χ0) is 12.5. The maximum atomic E-state index is 4.23. The number of nitrogens with zero attached hydrogens (tertiary/aromatic N) is 3. The van der Waals surface area contributed by atoms with Crippen LogP contribution in [0, 0.1) is 0 Å². The number of pyridine rings is 1. The largest absolute Gasteiger partial charge is 0.349 e. The van der Waals surface area contributed by atoms with Crippen LogP contribution in [0.1, 0.15) is 24.2 Å². The van der Waals surface area contributed by atoms with Gasteiger partial charge in [-0.2, -0.15) is 0 Å². The third-order valence-corrected chi connectivity index (χ3v) is 4.05. The van der Waals surface area contributed by atoms with Gasteiger partial charge in [0, 0.05) is 54.4 Å². The lowest BCUT2D eigenvalue weighted by atomic mass is 10.1. The molecule has 4 heteroatoms. The molecule has 94 valence electrons. The Morgan fingerprint density at radius 1 is 1.39 bits per heavy atom. The topological polar surface area (TPSA) is 21.1 Å². The van der Waals surface area contributed by atoms with Gasteiger partial charge < -0.3 is 4.57 Å². The molecule has 0 N–H and O–H groups in total. The second-order valence-electron chi connectivity index (χ2n) is 4.78. The molecule has 0 unspecified atom stereocenters. The van der Waals surface area contributed by atoms with Gasteiger partial charge in [0.1, 0.15) is 0 Å². The van der Waals surface area contributed by atoms with Gasteiger partial charge in [-0.05, 0) is 46.6 Å². The van der Waals surface area contributed by atoms with Crippen molar-refractivity contribution in [2.24, 2.45) is 0 Å². The first-order valence-electron chi connectivity index (χ1n) is 6.22. The highest BCUT2D eigenvalue weighted by atomic mass is 79.9. The number of fused-ring (bicyclic) bond motifs is 1. The van der Waals surface area contributed by atoms with E-state index in [9.17, 15) is 0 Å². The van der Waals surface area contributed by atoms with Crippen molar-refractivity contribution in [3.05, 3.63) is 52.5 Å². The molecular weight excluding hydrogens is 290 g/mol. The summed E-state index contributed by atoms with van der Waals surface area (Å²) in [5.74, 6) is 0. The SMILES string of the molecule is C[C@@H]1c2cccn2CCN1Cc1cncc(Br)c1. The highest BCUT2D eigenvalue weighted by Gasteiger charge is 2.23. The van der Waals surface area contributed by atoms with E-state index < -0.39 is 0 Å².